The Morgan fingerprint density at radius 3 is 2.52 bits per heavy atom. The van der Waals surface area contributed by atoms with Gasteiger partial charge in [0.15, 0.2) is 12.6 Å². The van der Waals surface area contributed by atoms with Crippen molar-refractivity contribution in [1.82, 2.24) is 0 Å². The molecule has 7 heteroatoms. The lowest BCUT2D eigenvalue weighted by Gasteiger charge is -2.45. The zero-order chi connectivity index (χ0) is 20.8. The van der Waals surface area contributed by atoms with E-state index in [9.17, 15) is 10.2 Å². The topological polar surface area (TPSA) is 86.6 Å². The SMILES string of the molecule is CCCCC(CC)COc1ccc(C2OC[C@H]3O[C@H](OC)[C@@H](O)[C@@H](O)[C@@H]3O2)cc1. The molecule has 0 bridgehead atoms. The van der Waals surface area contributed by atoms with E-state index >= 15 is 0 Å². The van der Waals surface area contributed by atoms with E-state index in [0.717, 1.165) is 24.3 Å². The smallest absolute Gasteiger partial charge is 0.186 e. The summed E-state index contributed by atoms with van der Waals surface area (Å²) in [4.78, 5) is 0. The fourth-order valence-electron chi connectivity index (χ4n) is 3.78. The Morgan fingerprint density at radius 2 is 1.86 bits per heavy atom. The number of hydrogen-bond acceptors (Lipinski definition) is 7. The summed E-state index contributed by atoms with van der Waals surface area (Å²) in [6, 6.07) is 7.62. The molecule has 2 aliphatic rings. The van der Waals surface area contributed by atoms with Gasteiger partial charge in [-0.05, 0) is 24.5 Å². The molecule has 0 saturated carbocycles. The highest BCUT2D eigenvalue weighted by molar-refractivity contribution is 5.28. The predicted molar refractivity (Wildman–Crippen MR) is 106 cm³/mol. The minimum atomic E-state index is -1.17. The number of ether oxygens (including phenoxy) is 5. The number of aliphatic hydroxyl groups excluding tert-OH is 2. The van der Waals surface area contributed by atoms with Crippen LogP contribution in [0.4, 0.5) is 0 Å². The van der Waals surface area contributed by atoms with E-state index in [1.807, 2.05) is 24.3 Å². The van der Waals surface area contributed by atoms with Gasteiger partial charge in [-0.15, -0.1) is 0 Å². The van der Waals surface area contributed by atoms with Crippen molar-refractivity contribution in [3.05, 3.63) is 29.8 Å². The monoisotopic (exact) mass is 410 g/mol. The highest BCUT2D eigenvalue weighted by Crippen LogP contribution is 2.34. The molecule has 2 N–H and O–H groups in total. The summed E-state index contributed by atoms with van der Waals surface area (Å²) in [6.07, 6.45) is -0.245. The molecule has 0 amide bonds. The Balaban J connectivity index is 1.55. The zero-order valence-electron chi connectivity index (χ0n) is 17.5. The normalized spacial score (nSPS) is 33.1. The van der Waals surface area contributed by atoms with E-state index in [1.54, 1.807) is 0 Å². The third-order valence-corrected chi connectivity index (χ3v) is 5.75. The van der Waals surface area contributed by atoms with Crippen LogP contribution in [0.1, 0.15) is 51.4 Å². The Labute approximate surface area is 172 Å². The average molecular weight is 411 g/mol. The predicted octanol–water partition coefficient (Wildman–Crippen LogP) is 2.79. The molecular formula is C22H34O7. The zero-order valence-corrected chi connectivity index (χ0v) is 17.5. The minimum absolute atomic E-state index is 0.243. The molecule has 1 aromatic carbocycles. The van der Waals surface area contributed by atoms with Gasteiger partial charge in [0.25, 0.3) is 0 Å². The summed E-state index contributed by atoms with van der Waals surface area (Å²) < 4.78 is 28.3. The highest BCUT2D eigenvalue weighted by atomic mass is 16.7. The van der Waals surface area contributed by atoms with Crippen LogP contribution in [0, 0.1) is 5.92 Å². The van der Waals surface area contributed by atoms with Gasteiger partial charge < -0.3 is 33.9 Å². The van der Waals surface area contributed by atoms with E-state index in [-0.39, 0.29) is 6.61 Å². The van der Waals surface area contributed by atoms with Crippen LogP contribution in [0.25, 0.3) is 0 Å². The van der Waals surface area contributed by atoms with Crippen LogP contribution in [0.2, 0.25) is 0 Å². The first-order chi connectivity index (χ1) is 14.1. The first-order valence-corrected chi connectivity index (χ1v) is 10.6. The molecule has 2 unspecified atom stereocenters. The number of fused-ring (bicyclic) bond motifs is 1. The van der Waals surface area contributed by atoms with Crippen LogP contribution in [-0.4, -0.2) is 61.2 Å². The summed E-state index contributed by atoms with van der Waals surface area (Å²) >= 11 is 0. The summed E-state index contributed by atoms with van der Waals surface area (Å²) in [5, 5.41) is 20.5. The van der Waals surface area contributed by atoms with Gasteiger partial charge in [0.2, 0.25) is 0 Å². The van der Waals surface area contributed by atoms with Crippen LogP contribution in [0.15, 0.2) is 24.3 Å². The number of unbranched alkanes of at least 4 members (excludes halogenated alkanes) is 1. The van der Waals surface area contributed by atoms with E-state index in [4.69, 9.17) is 23.7 Å². The van der Waals surface area contributed by atoms with Crippen LogP contribution in [0.3, 0.4) is 0 Å². The Morgan fingerprint density at radius 1 is 1.10 bits per heavy atom. The number of rotatable bonds is 9. The molecule has 0 spiro atoms. The molecule has 164 valence electrons. The van der Waals surface area contributed by atoms with E-state index in [2.05, 4.69) is 13.8 Å². The van der Waals surface area contributed by atoms with Crippen molar-refractivity contribution in [2.45, 2.75) is 76.5 Å². The Hall–Kier alpha value is -1.22. The van der Waals surface area contributed by atoms with Gasteiger partial charge in [-0.25, -0.2) is 0 Å². The largest absolute Gasteiger partial charge is 0.493 e. The van der Waals surface area contributed by atoms with Crippen molar-refractivity contribution in [3.63, 3.8) is 0 Å². The highest BCUT2D eigenvalue weighted by Gasteiger charge is 2.49. The molecule has 2 fully saturated rings. The maximum atomic E-state index is 10.4. The van der Waals surface area contributed by atoms with E-state index < -0.39 is 37.0 Å². The number of hydrogen-bond donors (Lipinski definition) is 2. The van der Waals surface area contributed by atoms with Gasteiger partial charge in [0.1, 0.15) is 30.2 Å². The van der Waals surface area contributed by atoms with Gasteiger partial charge in [-0.3, -0.25) is 0 Å². The lowest BCUT2D eigenvalue weighted by atomic mass is 9.98. The Kier molecular flexibility index (Phi) is 8.29. The number of methoxy groups -OCH3 is 1. The second-order valence-electron chi connectivity index (χ2n) is 7.82. The molecule has 2 heterocycles. The molecule has 3 rings (SSSR count). The molecule has 0 aliphatic carbocycles. The van der Waals surface area contributed by atoms with Crippen molar-refractivity contribution in [2.75, 3.05) is 20.3 Å². The summed E-state index contributed by atoms with van der Waals surface area (Å²) in [5.41, 5.74) is 0.823. The summed E-state index contributed by atoms with van der Waals surface area (Å²) in [7, 11) is 1.42. The van der Waals surface area contributed by atoms with Gasteiger partial charge in [-0.2, -0.15) is 0 Å². The van der Waals surface area contributed by atoms with Crippen LogP contribution >= 0.6 is 0 Å². The summed E-state index contributed by atoms with van der Waals surface area (Å²) in [6.45, 7) is 5.37. The molecule has 1 aromatic rings. The van der Waals surface area contributed by atoms with Crippen molar-refractivity contribution in [3.8, 4) is 5.75 Å². The quantitative estimate of drug-likeness (QED) is 0.647. The minimum Gasteiger partial charge on any atom is -0.493 e. The van der Waals surface area contributed by atoms with Crippen molar-refractivity contribution >= 4 is 0 Å². The van der Waals surface area contributed by atoms with E-state index in [1.165, 1.54) is 26.4 Å². The van der Waals surface area contributed by atoms with Crippen molar-refractivity contribution in [1.29, 1.82) is 0 Å². The second kappa shape index (κ2) is 10.7. The van der Waals surface area contributed by atoms with Crippen LogP contribution < -0.4 is 4.74 Å². The lowest BCUT2D eigenvalue weighted by Crippen LogP contribution is -2.62. The first-order valence-electron chi connectivity index (χ1n) is 10.6. The van der Waals surface area contributed by atoms with Crippen molar-refractivity contribution in [2.24, 2.45) is 5.92 Å². The number of benzene rings is 1. The fourth-order valence-corrected chi connectivity index (χ4v) is 3.78. The molecule has 0 radical (unpaired) electrons. The third-order valence-electron chi connectivity index (χ3n) is 5.75. The van der Waals surface area contributed by atoms with Crippen LogP contribution in [0.5, 0.6) is 5.75 Å². The van der Waals surface area contributed by atoms with E-state index in [0.29, 0.717) is 5.92 Å². The molecule has 7 atom stereocenters. The fraction of sp³-hybridized carbons (Fsp3) is 0.727. The maximum absolute atomic E-state index is 10.4. The van der Waals surface area contributed by atoms with Gasteiger partial charge in [0, 0.05) is 12.7 Å². The average Bonchev–Trinajstić information content (AvgIpc) is 2.76. The molecular weight excluding hydrogens is 376 g/mol. The van der Waals surface area contributed by atoms with Gasteiger partial charge >= 0.3 is 0 Å². The molecule has 7 nitrogen and oxygen atoms in total. The van der Waals surface area contributed by atoms with Crippen LogP contribution in [-0.2, 0) is 18.9 Å². The maximum Gasteiger partial charge on any atom is 0.186 e. The lowest BCUT2D eigenvalue weighted by molar-refractivity contribution is -0.358. The molecule has 2 saturated heterocycles. The Bertz CT molecular complexity index is 606. The molecule has 0 aromatic heterocycles. The number of aliphatic hydroxyl groups is 2. The molecule has 2 aliphatic heterocycles. The summed E-state index contributed by atoms with van der Waals surface area (Å²) in [5.74, 6) is 1.39. The van der Waals surface area contributed by atoms with Gasteiger partial charge in [0.05, 0.1) is 13.2 Å². The van der Waals surface area contributed by atoms with Gasteiger partial charge in [-0.1, -0.05) is 45.2 Å². The standard InChI is InChI=1S/C22H34O7/c1-4-6-7-14(5-2)12-26-16-10-8-15(9-11-16)21-27-13-17-20(29-21)18(23)19(24)22(25-3)28-17/h8-11,14,17-24H,4-7,12-13H2,1-3H3/t14?,17-,18-,19+,20-,21?,22+/m1/s1. The van der Waals surface area contributed by atoms with Crippen molar-refractivity contribution < 1.29 is 33.9 Å². The first kappa shape index (κ1) is 22.5. The molecule has 29 heavy (non-hydrogen) atoms. The second-order valence-corrected chi connectivity index (χ2v) is 7.82. The third kappa shape index (κ3) is 5.48.